The van der Waals surface area contributed by atoms with Gasteiger partial charge in [-0.3, -0.25) is 9.97 Å². The first-order chi connectivity index (χ1) is 11.0. The van der Waals surface area contributed by atoms with Crippen LogP contribution in [0, 0.1) is 6.92 Å². The number of aryl methyl sites for hydroxylation is 1. The van der Waals surface area contributed by atoms with Gasteiger partial charge in [-0.25, -0.2) is 0 Å². The number of hydrogen-bond acceptors (Lipinski definition) is 4. The van der Waals surface area contributed by atoms with E-state index in [0.717, 1.165) is 16.5 Å². The average molecular weight is 349 g/mol. The van der Waals surface area contributed by atoms with Crippen molar-refractivity contribution in [2.75, 3.05) is 14.2 Å². The zero-order valence-electron chi connectivity index (χ0n) is 12.9. The van der Waals surface area contributed by atoms with E-state index in [2.05, 4.69) is 9.97 Å². The third-order valence-corrected chi connectivity index (χ3v) is 4.32. The van der Waals surface area contributed by atoms with Crippen molar-refractivity contribution in [3.63, 3.8) is 0 Å². The smallest absolute Gasteiger partial charge is 0.141 e. The number of nitrogens with zero attached hydrogens (tertiary/aromatic N) is 2. The second-order valence-electron chi connectivity index (χ2n) is 5.03. The normalized spacial score (nSPS) is 10.8. The van der Waals surface area contributed by atoms with Crippen molar-refractivity contribution in [3.05, 3.63) is 46.3 Å². The molecule has 0 spiro atoms. The fraction of sp³-hybridized carbons (Fsp3) is 0.176. The molecule has 0 aliphatic carbocycles. The second kappa shape index (κ2) is 6.22. The summed E-state index contributed by atoms with van der Waals surface area (Å²) in [4.78, 5) is 8.79. The number of pyridine rings is 2. The molecule has 6 heteroatoms. The van der Waals surface area contributed by atoms with Gasteiger partial charge in [0.25, 0.3) is 0 Å². The van der Waals surface area contributed by atoms with Gasteiger partial charge in [0.15, 0.2) is 0 Å². The molecule has 2 aromatic heterocycles. The summed E-state index contributed by atoms with van der Waals surface area (Å²) in [6.45, 7) is 1.94. The van der Waals surface area contributed by atoms with Crippen LogP contribution in [0.2, 0.25) is 10.0 Å². The minimum Gasteiger partial charge on any atom is -0.495 e. The summed E-state index contributed by atoms with van der Waals surface area (Å²) in [5, 5.41) is 2.74. The van der Waals surface area contributed by atoms with Crippen LogP contribution >= 0.6 is 23.2 Å². The summed E-state index contributed by atoms with van der Waals surface area (Å²) < 4.78 is 10.6. The molecule has 0 aliphatic heterocycles. The van der Waals surface area contributed by atoms with Crippen LogP contribution in [-0.2, 0) is 0 Å². The number of fused-ring (bicyclic) bond motifs is 1. The zero-order chi connectivity index (χ0) is 16.6. The fourth-order valence-corrected chi connectivity index (χ4v) is 3.09. The highest BCUT2D eigenvalue weighted by molar-refractivity contribution is 6.41. The Bertz CT molecular complexity index is 869. The lowest BCUT2D eigenvalue weighted by molar-refractivity contribution is 0.395. The highest BCUT2D eigenvalue weighted by Crippen LogP contribution is 2.45. The number of hydrogen-bond donors (Lipinski definition) is 0. The number of rotatable bonds is 3. The lowest BCUT2D eigenvalue weighted by Gasteiger charge is -2.14. The van der Waals surface area contributed by atoms with Gasteiger partial charge in [0, 0.05) is 40.5 Å². The Morgan fingerprint density at radius 1 is 0.826 bits per heavy atom. The van der Waals surface area contributed by atoms with Gasteiger partial charge in [-0.15, -0.1) is 0 Å². The van der Waals surface area contributed by atoms with Gasteiger partial charge in [-0.05, 0) is 19.1 Å². The summed E-state index contributed by atoms with van der Waals surface area (Å²) in [7, 11) is 3.08. The van der Waals surface area contributed by atoms with E-state index in [9.17, 15) is 0 Å². The summed E-state index contributed by atoms with van der Waals surface area (Å²) in [5.74, 6) is 0.957. The molecule has 0 unspecified atom stereocenters. The van der Waals surface area contributed by atoms with Gasteiger partial charge in [0.2, 0.25) is 0 Å². The van der Waals surface area contributed by atoms with Crippen LogP contribution in [0.3, 0.4) is 0 Å². The molecule has 3 aromatic rings. The van der Waals surface area contributed by atoms with Crippen molar-refractivity contribution in [3.8, 4) is 22.8 Å². The minimum absolute atomic E-state index is 0.394. The molecule has 0 N–H and O–H groups in total. The minimum atomic E-state index is 0.394. The van der Waals surface area contributed by atoms with Crippen LogP contribution in [0.1, 0.15) is 5.69 Å². The standard InChI is InChI=1S/C17H14Cl2N2O2/c1-9-4-10-8-21-12(5-11(10)7-20-9)15-16(18)13(22-2)6-14(23-3)17(15)19/h4-8H,1-3H3. The summed E-state index contributed by atoms with van der Waals surface area (Å²) in [5.41, 5.74) is 2.15. The maximum absolute atomic E-state index is 6.43. The number of ether oxygens (including phenoxy) is 2. The Labute approximate surface area is 144 Å². The van der Waals surface area contributed by atoms with Crippen LogP contribution in [0.5, 0.6) is 11.5 Å². The molecule has 0 fully saturated rings. The zero-order valence-corrected chi connectivity index (χ0v) is 14.4. The van der Waals surface area contributed by atoms with Crippen LogP contribution in [0.4, 0.5) is 0 Å². The SMILES string of the molecule is COc1cc(OC)c(Cl)c(-c2cc3cnc(C)cc3cn2)c1Cl. The van der Waals surface area contributed by atoms with Crippen molar-refractivity contribution in [1.82, 2.24) is 9.97 Å². The van der Waals surface area contributed by atoms with Crippen LogP contribution in [0.25, 0.3) is 22.0 Å². The van der Waals surface area contributed by atoms with E-state index < -0.39 is 0 Å². The largest absolute Gasteiger partial charge is 0.495 e. The van der Waals surface area contributed by atoms with Crippen molar-refractivity contribution >= 4 is 34.0 Å². The van der Waals surface area contributed by atoms with E-state index in [4.69, 9.17) is 32.7 Å². The first-order valence-electron chi connectivity index (χ1n) is 6.88. The van der Waals surface area contributed by atoms with Gasteiger partial charge < -0.3 is 9.47 Å². The Balaban J connectivity index is 2.27. The predicted molar refractivity (Wildman–Crippen MR) is 92.8 cm³/mol. The Morgan fingerprint density at radius 3 is 2.00 bits per heavy atom. The topological polar surface area (TPSA) is 44.2 Å². The van der Waals surface area contributed by atoms with E-state index in [1.807, 2.05) is 19.1 Å². The van der Waals surface area contributed by atoms with E-state index in [-0.39, 0.29) is 0 Å². The molecule has 0 amide bonds. The molecule has 23 heavy (non-hydrogen) atoms. The molecule has 0 radical (unpaired) electrons. The van der Waals surface area contributed by atoms with Crippen LogP contribution in [0.15, 0.2) is 30.6 Å². The quantitative estimate of drug-likeness (QED) is 0.673. The molecule has 118 valence electrons. The van der Waals surface area contributed by atoms with Crippen LogP contribution < -0.4 is 9.47 Å². The van der Waals surface area contributed by atoms with Crippen molar-refractivity contribution < 1.29 is 9.47 Å². The summed E-state index contributed by atoms with van der Waals surface area (Å²) in [6.07, 6.45) is 3.58. The highest BCUT2D eigenvalue weighted by atomic mass is 35.5. The first kappa shape index (κ1) is 15.8. The second-order valence-corrected chi connectivity index (χ2v) is 5.78. The lowest BCUT2D eigenvalue weighted by atomic mass is 10.1. The van der Waals surface area contributed by atoms with Gasteiger partial charge in [-0.2, -0.15) is 0 Å². The molecular weight excluding hydrogens is 335 g/mol. The lowest BCUT2D eigenvalue weighted by Crippen LogP contribution is -1.95. The number of aromatic nitrogens is 2. The molecule has 0 bridgehead atoms. The Morgan fingerprint density at radius 2 is 1.39 bits per heavy atom. The molecule has 2 heterocycles. The van der Waals surface area contributed by atoms with Gasteiger partial charge >= 0.3 is 0 Å². The van der Waals surface area contributed by atoms with E-state index in [1.165, 1.54) is 0 Å². The monoisotopic (exact) mass is 348 g/mol. The van der Waals surface area contributed by atoms with Gasteiger partial charge in [-0.1, -0.05) is 23.2 Å². The molecule has 0 saturated heterocycles. The van der Waals surface area contributed by atoms with Crippen molar-refractivity contribution in [1.29, 1.82) is 0 Å². The average Bonchev–Trinajstić information content (AvgIpc) is 2.55. The molecule has 4 nitrogen and oxygen atoms in total. The molecule has 3 rings (SSSR count). The molecule has 1 aromatic carbocycles. The summed E-state index contributed by atoms with van der Waals surface area (Å²) in [6, 6.07) is 5.52. The highest BCUT2D eigenvalue weighted by Gasteiger charge is 2.19. The van der Waals surface area contributed by atoms with E-state index in [1.54, 1.807) is 32.7 Å². The van der Waals surface area contributed by atoms with Crippen LogP contribution in [-0.4, -0.2) is 24.2 Å². The molecular formula is C17H14Cl2N2O2. The van der Waals surface area contributed by atoms with E-state index >= 15 is 0 Å². The maximum atomic E-state index is 6.43. The molecule has 0 saturated carbocycles. The number of halogens is 2. The van der Waals surface area contributed by atoms with E-state index in [0.29, 0.717) is 32.8 Å². The van der Waals surface area contributed by atoms with Gasteiger partial charge in [0.1, 0.15) is 11.5 Å². The molecule has 0 atom stereocenters. The Hall–Kier alpha value is -2.04. The maximum Gasteiger partial charge on any atom is 0.141 e. The van der Waals surface area contributed by atoms with Gasteiger partial charge in [0.05, 0.1) is 30.0 Å². The first-order valence-corrected chi connectivity index (χ1v) is 7.63. The third-order valence-electron chi connectivity index (χ3n) is 3.57. The number of benzene rings is 1. The van der Waals surface area contributed by atoms with Crippen molar-refractivity contribution in [2.45, 2.75) is 6.92 Å². The van der Waals surface area contributed by atoms with Crippen molar-refractivity contribution in [2.24, 2.45) is 0 Å². The molecule has 0 aliphatic rings. The third kappa shape index (κ3) is 2.80. The Kier molecular flexibility index (Phi) is 4.28. The predicted octanol–water partition coefficient (Wildman–Crippen LogP) is 4.93. The number of methoxy groups -OCH3 is 2. The fourth-order valence-electron chi connectivity index (χ4n) is 2.39. The summed E-state index contributed by atoms with van der Waals surface area (Å²) >= 11 is 12.9.